The summed E-state index contributed by atoms with van der Waals surface area (Å²) in [6.45, 7) is 4.04. The molecular weight excluding hydrogens is 416 g/mol. The highest BCUT2D eigenvalue weighted by atomic mass is 32.2. The molecule has 1 aliphatic heterocycles. The van der Waals surface area contributed by atoms with Gasteiger partial charge in [-0.2, -0.15) is 0 Å². The summed E-state index contributed by atoms with van der Waals surface area (Å²) in [6.07, 6.45) is 2.26. The van der Waals surface area contributed by atoms with E-state index < -0.39 is 24.5 Å². The lowest BCUT2D eigenvalue weighted by Crippen LogP contribution is -2.37. The Morgan fingerprint density at radius 3 is 2.71 bits per heavy atom. The van der Waals surface area contributed by atoms with E-state index in [0.717, 1.165) is 41.2 Å². The summed E-state index contributed by atoms with van der Waals surface area (Å²) in [5, 5.41) is 4.80. The lowest BCUT2D eigenvalue weighted by Gasteiger charge is -2.12. The number of carbonyl (C=O) groups excluding carboxylic acids is 3. The maximum atomic E-state index is 12.5. The van der Waals surface area contributed by atoms with Crippen LogP contribution in [0.3, 0.4) is 0 Å². The second kappa shape index (κ2) is 11.0. The van der Waals surface area contributed by atoms with Crippen LogP contribution < -0.4 is 10.6 Å². The Bertz CT molecular complexity index is 957. The van der Waals surface area contributed by atoms with Crippen molar-refractivity contribution in [1.29, 1.82) is 0 Å². The molecule has 2 aromatic carbocycles. The van der Waals surface area contributed by atoms with Gasteiger partial charge >= 0.3 is 12.0 Å². The summed E-state index contributed by atoms with van der Waals surface area (Å²) in [6, 6.07) is 11.9. The molecule has 2 aromatic rings. The van der Waals surface area contributed by atoms with Gasteiger partial charge in [0, 0.05) is 22.9 Å². The summed E-state index contributed by atoms with van der Waals surface area (Å²) in [5.41, 5.74) is 2.93. The summed E-state index contributed by atoms with van der Waals surface area (Å²) >= 11 is 1.53. The Morgan fingerprint density at radius 1 is 1.13 bits per heavy atom. The van der Waals surface area contributed by atoms with Gasteiger partial charge in [-0.1, -0.05) is 24.3 Å². The summed E-state index contributed by atoms with van der Waals surface area (Å²) < 4.78 is 10.7. The zero-order valence-electron chi connectivity index (χ0n) is 17.6. The Labute approximate surface area is 185 Å². The summed E-state index contributed by atoms with van der Waals surface area (Å²) in [4.78, 5) is 37.4. The molecule has 0 aromatic heterocycles. The quantitative estimate of drug-likeness (QED) is 0.496. The van der Waals surface area contributed by atoms with E-state index in [-0.39, 0.29) is 6.10 Å². The molecule has 0 radical (unpaired) electrons. The number of benzene rings is 2. The number of aryl methyl sites for hydroxylation is 1. The van der Waals surface area contributed by atoms with Gasteiger partial charge in [0.05, 0.1) is 11.7 Å². The molecule has 0 spiro atoms. The highest BCUT2D eigenvalue weighted by molar-refractivity contribution is 7.99. The van der Waals surface area contributed by atoms with Gasteiger partial charge in [0.2, 0.25) is 0 Å². The molecule has 2 N–H and O–H groups in total. The minimum absolute atomic E-state index is 0.190. The maximum absolute atomic E-state index is 12.5. The SMILES string of the molecule is Cc1cccc(NC(=O)NC(=O)COC(=O)c2ccccc2SCC2CCCO2)c1C. The van der Waals surface area contributed by atoms with Crippen LogP contribution in [0.2, 0.25) is 0 Å². The minimum atomic E-state index is -0.708. The van der Waals surface area contributed by atoms with Crippen LogP contribution in [-0.2, 0) is 14.3 Å². The van der Waals surface area contributed by atoms with Gasteiger partial charge in [-0.3, -0.25) is 10.1 Å². The Balaban J connectivity index is 1.49. The van der Waals surface area contributed by atoms with Gasteiger partial charge in [0.25, 0.3) is 5.91 Å². The molecule has 0 aliphatic carbocycles. The number of carbonyl (C=O) groups is 3. The zero-order chi connectivity index (χ0) is 22.2. The van der Waals surface area contributed by atoms with E-state index in [9.17, 15) is 14.4 Å². The first-order valence-electron chi connectivity index (χ1n) is 10.1. The molecule has 3 rings (SSSR count). The van der Waals surface area contributed by atoms with Crippen LogP contribution in [0.4, 0.5) is 10.5 Å². The molecule has 0 saturated carbocycles. The lowest BCUT2D eigenvalue weighted by molar-refractivity contribution is -0.123. The Kier molecular flexibility index (Phi) is 8.08. The molecule has 1 heterocycles. The predicted octanol–water partition coefficient (Wildman–Crippen LogP) is 4.08. The van der Waals surface area contributed by atoms with Crippen LogP contribution in [0, 0.1) is 13.8 Å². The summed E-state index contributed by atoms with van der Waals surface area (Å²) in [5.74, 6) is -0.565. The molecular formula is C23H26N2O5S. The van der Waals surface area contributed by atoms with E-state index in [1.165, 1.54) is 11.8 Å². The number of amides is 3. The van der Waals surface area contributed by atoms with Crippen molar-refractivity contribution >= 4 is 35.4 Å². The second-order valence-corrected chi connectivity index (χ2v) is 8.33. The highest BCUT2D eigenvalue weighted by Gasteiger charge is 2.19. The monoisotopic (exact) mass is 442 g/mol. The van der Waals surface area contributed by atoms with Gasteiger partial charge in [-0.05, 0) is 56.0 Å². The maximum Gasteiger partial charge on any atom is 0.339 e. The number of ether oxygens (including phenoxy) is 2. The number of hydrogen-bond acceptors (Lipinski definition) is 6. The van der Waals surface area contributed by atoms with Crippen molar-refractivity contribution in [3.8, 4) is 0 Å². The molecule has 1 aliphatic rings. The number of urea groups is 1. The number of imide groups is 1. The molecule has 3 amide bonds. The normalized spacial score (nSPS) is 15.4. The van der Waals surface area contributed by atoms with E-state index in [1.54, 1.807) is 18.2 Å². The highest BCUT2D eigenvalue weighted by Crippen LogP contribution is 2.27. The molecule has 1 saturated heterocycles. The van der Waals surface area contributed by atoms with Crippen molar-refractivity contribution in [1.82, 2.24) is 5.32 Å². The van der Waals surface area contributed by atoms with Gasteiger partial charge in [0.1, 0.15) is 0 Å². The number of hydrogen-bond donors (Lipinski definition) is 2. The van der Waals surface area contributed by atoms with Gasteiger partial charge in [-0.25, -0.2) is 9.59 Å². The average Bonchev–Trinajstić information content (AvgIpc) is 3.27. The third kappa shape index (κ3) is 6.57. The van der Waals surface area contributed by atoms with Gasteiger partial charge in [-0.15, -0.1) is 11.8 Å². The van der Waals surface area contributed by atoms with Crippen molar-refractivity contribution in [2.24, 2.45) is 0 Å². The van der Waals surface area contributed by atoms with Gasteiger partial charge < -0.3 is 14.8 Å². The second-order valence-electron chi connectivity index (χ2n) is 7.27. The van der Waals surface area contributed by atoms with E-state index in [2.05, 4.69) is 10.6 Å². The fourth-order valence-corrected chi connectivity index (χ4v) is 4.24. The third-order valence-electron chi connectivity index (χ3n) is 5.00. The van der Waals surface area contributed by atoms with Crippen LogP contribution in [0.25, 0.3) is 0 Å². The van der Waals surface area contributed by atoms with Gasteiger partial charge in [0.15, 0.2) is 6.61 Å². The third-order valence-corrected chi connectivity index (χ3v) is 6.20. The Hall–Kier alpha value is -2.84. The van der Waals surface area contributed by atoms with Crippen molar-refractivity contribution in [2.75, 3.05) is 24.3 Å². The molecule has 1 atom stereocenters. The van der Waals surface area contributed by atoms with E-state index in [0.29, 0.717) is 11.3 Å². The van der Waals surface area contributed by atoms with Crippen molar-refractivity contribution in [3.63, 3.8) is 0 Å². The first-order valence-corrected chi connectivity index (χ1v) is 11.1. The number of rotatable bonds is 7. The van der Waals surface area contributed by atoms with Crippen LogP contribution in [-0.4, -0.2) is 43.0 Å². The predicted molar refractivity (Wildman–Crippen MR) is 119 cm³/mol. The standard InChI is InChI=1S/C23H26N2O5S/c1-15-7-5-10-19(16(15)2)24-23(28)25-21(26)13-30-22(27)18-9-3-4-11-20(18)31-14-17-8-6-12-29-17/h3-5,7,9-11,17H,6,8,12-14H2,1-2H3,(H2,24,25,26,28). The van der Waals surface area contributed by atoms with Crippen molar-refractivity contribution in [2.45, 2.75) is 37.7 Å². The fraction of sp³-hybridized carbons (Fsp3) is 0.348. The molecule has 7 nitrogen and oxygen atoms in total. The van der Waals surface area contributed by atoms with Crippen LogP contribution in [0.15, 0.2) is 47.4 Å². The number of anilines is 1. The molecule has 164 valence electrons. The van der Waals surface area contributed by atoms with Crippen LogP contribution >= 0.6 is 11.8 Å². The average molecular weight is 443 g/mol. The lowest BCUT2D eigenvalue weighted by atomic mass is 10.1. The number of nitrogens with one attached hydrogen (secondary N) is 2. The number of esters is 1. The first-order chi connectivity index (χ1) is 14.9. The van der Waals surface area contributed by atoms with E-state index in [1.807, 2.05) is 38.1 Å². The van der Waals surface area contributed by atoms with Crippen molar-refractivity contribution in [3.05, 3.63) is 59.2 Å². The smallest absolute Gasteiger partial charge is 0.339 e. The van der Waals surface area contributed by atoms with E-state index in [4.69, 9.17) is 9.47 Å². The Morgan fingerprint density at radius 2 is 1.94 bits per heavy atom. The molecule has 8 heteroatoms. The molecule has 0 bridgehead atoms. The zero-order valence-corrected chi connectivity index (χ0v) is 18.4. The molecule has 1 fully saturated rings. The fourth-order valence-electron chi connectivity index (χ4n) is 3.13. The first kappa shape index (κ1) is 22.8. The van der Waals surface area contributed by atoms with Crippen molar-refractivity contribution < 1.29 is 23.9 Å². The van der Waals surface area contributed by atoms with Crippen LogP contribution in [0.5, 0.6) is 0 Å². The van der Waals surface area contributed by atoms with E-state index >= 15 is 0 Å². The summed E-state index contributed by atoms with van der Waals surface area (Å²) in [7, 11) is 0. The topological polar surface area (TPSA) is 93.7 Å². The number of thioether (sulfide) groups is 1. The van der Waals surface area contributed by atoms with Crippen LogP contribution in [0.1, 0.15) is 34.3 Å². The molecule has 31 heavy (non-hydrogen) atoms. The minimum Gasteiger partial charge on any atom is -0.452 e. The molecule has 1 unspecified atom stereocenters. The largest absolute Gasteiger partial charge is 0.452 e.